The maximum atomic E-state index is 12.0. The lowest BCUT2D eigenvalue weighted by molar-refractivity contribution is 0.0573. The third kappa shape index (κ3) is 2.32. The Balaban J connectivity index is 1.82. The van der Waals surface area contributed by atoms with E-state index >= 15 is 0 Å². The number of hydrogen-bond acceptors (Lipinski definition) is 2. The first-order chi connectivity index (χ1) is 7.48. The van der Waals surface area contributed by atoms with Gasteiger partial charge < -0.3 is 9.80 Å². The van der Waals surface area contributed by atoms with E-state index in [4.69, 9.17) is 0 Å². The molecule has 2 aliphatic heterocycles. The van der Waals surface area contributed by atoms with E-state index in [9.17, 15) is 4.79 Å². The molecule has 2 amide bonds. The van der Waals surface area contributed by atoms with Crippen molar-refractivity contribution in [2.75, 3.05) is 39.3 Å². The predicted molar refractivity (Wildman–Crippen MR) is 64.5 cm³/mol. The third-order valence-electron chi connectivity index (χ3n) is 3.63. The zero-order valence-corrected chi connectivity index (χ0v) is 10.7. The SMILES string of the molecule is CC(C)(C)N1CCN(C(=O)N2CCC2)CC1. The van der Waals surface area contributed by atoms with Gasteiger partial charge in [-0.25, -0.2) is 4.79 Å². The normalized spacial score (nSPS) is 23.2. The van der Waals surface area contributed by atoms with Crippen LogP contribution in [0.4, 0.5) is 4.79 Å². The summed E-state index contributed by atoms with van der Waals surface area (Å²) in [6.07, 6.45) is 1.17. The highest BCUT2D eigenvalue weighted by molar-refractivity contribution is 5.75. The van der Waals surface area contributed by atoms with E-state index in [2.05, 4.69) is 25.7 Å². The summed E-state index contributed by atoms with van der Waals surface area (Å²) in [5, 5.41) is 0. The number of urea groups is 1. The Morgan fingerprint density at radius 2 is 1.38 bits per heavy atom. The summed E-state index contributed by atoms with van der Waals surface area (Å²) in [4.78, 5) is 18.4. The standard InChI is InChI=1S/C12H23N3O/c1-12(2,3)15-9-7-14(8-10-15)11(16)13-5-4-6-13/h4-10H2,1-3H3. The number of rotatable bonds is 0. The zero-order valence-electron chi connectivity index (χ0n) is 10.7. The molecule has 2 saturated heterocycles. The van der Waals surface area contributed by atoms with Crippen LogP contribution >= 0.6 is 0 Å². The molecule has 0 saturated carbocycles. The maximum absolute atomic E-state index is 12.0. The lowest BCUT2D eigenvalue weighted by Crippen LogP contribution is -2.58. The molecule has 0 bridgehead atoms. The second-order valence-corrected chi connectivity index (χ2v) is 5.77. The molecule has 0 N–H and O–H groups in total. The second-order valence-electron chi connectivity index (χ2n) is 5.77. The molecule has 2 rings (SSSR count). The van der Waals surface area contributed by atoms with Crippen molar-refractivity contribution < 1.29 is 4.79 Å². The Bertz CT molecular complexity index is 260. The molecule has 16 heavy (non-hydrogen) atoms. The van der Waals surface area contributed by atoms with Crippen LogP contribution in [0.25, 0.3) is 0 Å². The van der Waals surface area contributed by atoms with E-state index in [1.165, 1.54) is 6.42 Å². The fourth-order valence-corrected chi connectivity index (χ4v) is 2.28. The molecule has 0 aromatic heterocycles. The van der Waals surface area contributed by atoms with Crippen molar-refractivity contribution in [3.63, 3.8) is 0 Å². The Morgan fingerprint density at radius 1 is 0.875 bits per heavy atom. The van der Waals surface area contributed by atoms with Gasteiger partial charge in [0, 0.05) is 44.8 Å². The molecule has 2 heterocycles. The fourth-order valence-electron chi connectivity index (χ4n) is 2.28. The van der Waals surface area contributed by atoms with E-state index in [-0.39, 0.29) is 11.6 Å². The van der Waals surface area contributed by atoms with Crippen molar-refractivity contribution in [1.82, 2.24) is 14.7 Å². The van der Waals surface area contributed by atoms with E-state index in [1.807, 2.05) is 9.80 Å². The van der Waals surface area contributed by atoms with Gasteiger partial charge in [0.25, 0.3) is 0 Å². The number of nitrogens with zero attached hydrogens (tertiary/aromatic N) is 3. The molecule has 0 aliphatic carbocycles. The van der Waals surface area contributed by atoms with Crippen LogP contribution in [-0.4, -0.2) is 65.5 Å². The highest BCUT2D eigenvalue weighted by Gasteiger charge is 2.31. The number of hydrogen-bond donors (Lipinski definition) is 0. The summed E-state index contributed by atoms with van der Waals surface area (Å²) >= 11 is 0. The zero-order chi connectivity index (χ0) is 11.8. The molecule has 4 heteroatoms. The van der Waals surface area contributed by atoms with Gasteiger partial charge in [-0.3, -0.25) is 4.90 Å². The predicted octanol–water partition coefficient (Wildman–Crippen LogP) is 1.23. The van der Waals surface area contributed by atoms with Crippen molar-refractivity contribution in [3.05, 3.63) is 0 Å². The molecule has 4 nitrogen and oxygen atoms in total. The van der Waals surface area contributed by atoms with Crippen LogP contribution in [0.3, 0.4) is 0 Å². The second kappa shape index (κ2) is 4.24. The van der Waals surface area contributed by atoms with Crippen molar-refractivity contribution in [2.45, 2.75) is 32.7 Å². The van der Waals surface area contributed by atoms with Gasteiger partial charge in [0.2, 0.25) is 0 Å². The average molecular weight is 225 g/mol. The number of likely N-dealkylation sites (tertiary alicyclic amines) is 1. The van der Waals surface area contributed by atoms with Crippen LogP contribution in [0.5, 0.6) is 0 Å². The summed E-state index contributed by atoms with van der Waals surface area (Å²) in [7, 11) is 0. The van der Waals surface area contributed by atoms with Crippen LogP contribution in [0.2, 0.25) is 0 Å². The molecule has 92 valence electrons. The van der Waals surface area contributed by atoms with Crippen LogP contribution in [0.1, 0.15) is 27.2 Å². The maximum Gasteiger partial charge on any atom is 0.320 e. The topological polar surface area (TPSA) is 26.8 Å². The van der Waals surface area contributed by atoms with Crippen molar-refractivity contribution in [2.24, 2.45) is 0 Å². The molecule has 0 aromatic rings. The van der Waals surface area contributed by atoms with Gasteiger partial charge in [0.05, 0.1) is 0 Å². The fraction of sp³-hybridized carbons (Fsp3) is 0.917. The monoisotopic (exact) mass is 225 g/mol. The molecule has 2 aliphatic rings. The largest absolute Gasteiger partial charge is 0.325 e. The Hall–Kier alpha value is -0.770. The number of carbonyl (C=O) groups excluding carboxylic acids is 1. The highest BCUT2D eigenvalue weighted by Crippen LogP contribution is 2.17. The molecule has 0 spiro atoms. The molecule has 0 atom stereocenters. The lowest BCUT2D eigenvalue weighted by Gasteiger charge is -2.44. The van der Waals surface area contributed by atoms with Gasteiger partial charge in [-0.15, -0.1) is 0 Å². The van der Waals surface area contributed by atoms with Crippen LogP contribution in [0.15, 0.2) is 0 Å². The molecular formula is C12H23N3O. The molecule has 2 fully saturated rings. The number of carbonyl (C=O) groups is 1. The average Bonchev–Trinajstić information content (AvgIpc) is 2.14. The molecule has 0 aromatic carbocycles. The number of amides is 2. The summed E-state index contributed by atoms with van der Waals surface area (Å²) in [6, 6.07) is 0.250. The third-order valence-corrected chi connectivity index (χ3v) is 3.63. The molecular weight excluding hydrogens is 202 g/mol. The van der Waals surface area contributed by atoms with Gasteiger partial charge in [-0.1, -0.05) is 0 Å². The smallest absolute Gasteiger partial charge is 0.320 e. The first-order valence-corrected chi connectivity index (χ1v) is 6.27. The Labute approximate surface area is 98.2 Å². The highest BCUT2D eigenvalue weighted by atomic mass is 16.2. The number of piperazine rings is 1. The quantitative estimate of drug-likeness (QED) is 0.620. The summed E-state index contributed by atoms with van der Waals surface area (Å²) in [5.41, 5.74) is 0.228. The van der Waals surface area contributed by atoms with Crippen molar-refractivity contribution >= 4 is 6.03 Å². The lowest BCUT2D eigenvalue weighted by atomic mass is 10.1. The van der Waals surface area contributed by atoms with Gasteiger partial charge in [-0.2, -0.15) is 0 Å². The first-order valence-electron chi connectivity index (χ1n) is 6.27. The first kappa shape index (κ1) is 11.7. The van der Waals surface area contributed by atoms with E-state index < -0.39 is 0 Å². The minimum atomic E-state index is 0.228. The van der Waals surface area contributed by atoms with E-state index in [0.29, 0.717) is 0 Å². The summed E-state index contributed by atoms with van der Waals surface area (Å²) in [5.74, 6) is 0. The van der Waals surface area contributed by atoms with Gasteiger partial charge >= 0.3 is 6.03 Å². The molecule has 0 radical (unpaired) electrons. The van der Waals surface area contributed by atoms with Crippen LogP contribution in [-0.2, 0) is 0 Å². The van der Waals surface area contributed by atoms with E-state index in [1.54, 1.807) is 0 Å². The van der Waals surface area contributed by atoms with E-state index in [0.717, 1.165) is 39.3 Å². The Morgan fingerprint density at radius 3 is 1.75 bits per heavy atom. The molecule has 0 unspecified atom stereocenters. The van der Waals surface area contributed by atoms with Crippen LogP contribution in [0, 0.1) is 0 Å². The summed E-state index contributed by atoms with van der Waals surface area (Å²) in [6.45, 7) is 12.4. The minimum Gasteiger partial charge on any atom is -0.325 e. The minimum absolute atomic E-state index is 0.228. The summed E-state index contributed by atoms with van der Waals surface area (Å²) < 4.78 is 0. The van der Waals surface area contributed by atoms with Gasteiger partial charge in [-0.05, 0) is 27.2 Å². The van der Waals surface area contributed by atoms with Crippen LogP contribution < -0.4 is 0 Å². The van der Waals surface area contributed by atoms with Gasteiger partial charge in [0.15, 0.2) is 0 Å². The van der Waals surface area contributed by atoms with Gasteiger partial charge in [0.1, 0.15) is 0 Å². The van der Waals surface area contributed by atoms with Crippen molar-refractivity contribution in [1.29, 1.82) is 0 Å². The van der Waals surface area contributed by atoms with Crippen molar-refractivity contribution in [3.8, 4) is 0 Å². The Kier molecular flexibility index (Phi) is 3.10.